The molecule has 0 aromatic carbocycles. The van der Waals surface area contributed by atoms with Crippen LogP contribution in [0.5, 0.6) is 0 Å². The van der Waals surface area contributed by atoms with Crippen LogP contribution in [0, 0.1) is 0 Å². The Hall–Kier alpha value is 0.0438. The lowest BCUT2D eigenvalue weighted by Gasteiger charge is -2.13. The predicted molar refractivity (Wildman–Crippen MR) is 49.1 cm³/mol. The van der Waals surface area contributed by atoms with Crippen LogP contribution in [0.15, 0.2) is 11.8 Å². The maximum absolute atomic E-state index is 2.47. The second-order valence-corrected chi connectivity index (χ2v) is 11.7. The molecule has 0 amide bonds. The van der Waals surface area contributed by atoms with E-state index in [9.17, 15) is 0 Å². The van der Waals surface area contributed by atoms with E-state index in [1.54, 1.807) is 0 Å². The summed E-state index contributed by atoms with van der Waals surface area (Å²) in [6, 6.07) is 3.01. The van der Waals surface area contributed by atoms with Gasteiger partial charge in [0.15, 0.2) is 0 Å². The molecular weight excluding hydrogens is 140 g/mol. The third-order valence-electron chi connectivity index (χ3n) is 2.03. The molecule has 1 aliphatic heterocycles. The van der Waals surface area contributed by atoms with Crippen LogP contribution in [-0.2, 0) is 0 Å². The Morgan fingerprint density at radius 3 is 2.00 bits per heavy atom. The van der Waals surface area contributed by atoms with Gasteiger partial charge in [0.25, 0.3) is 0 Å². The summed E-state index contributed by atoms with van der Waals surface area (Å²) in [5.41, 5.74) is 4.93. The van der Waals surface area contributed by atoms with Crippen LogP contribution < -0.4 is 0 Å². The van der Waals surface area contributed by atoms with Crippen LogP contribution in [0.4, 0.5) is 0 Å². The number of allylic oxidation sites excluding steroid dienone is 1. The van der Waals surface area contributed by atoms with E-state index in [2.05, 4.69) is 31.3 Å². The minimum absolute atomic E-state index is 0.0448. The van der Waals surface area contributed by atoms with E-state index < -0.39 is 0 Å². The highest BCUT2D eigenvalue weighted by Gasteiger charge is 2.11. The van der Waals surface area contributed by atoms with Gasteiger partial charge in [0.05, 0.1) is 8.31 Å². The molecule has 0 spiro atoms. The quantitative estimate of drug-likeness (QED) is 0.538. The van der Waals surface area contributed by atoms with Crippen molar-refractivity contribution in [3.05, 3.63) is 11.8 Å². The van der Waals surface area contributed by atoms with Crippen molar-refractivity contribution in [1.29, 1.82) is 0 Å². The van der Waals surface area contributed by atoms with Crippen LogP contribution in [-0.4, -0.2) is 21.9 Å². The van der Waals surface area contributed by atoms with Gasteiger partial charge >= 0.3 is 0 Å². The van der Waals surface area contributed by atoms with Crippen LogP contribution in [0.1, 0.15) is 13.8 Å². The van der Waals surface area contributed by atoms with E-state index in [0.717, 1.165) is 0 Å². The molecule has 0 N–H and O–H groups in total. The van der Waals surface area contributed by atoms with Gasteiger partial charge in [0, 0.05) is 7.93 Å². The van der Waals surface area contributed by atoms with Crippen molar-refractivity contribution < 1.29 is 0 Å². The van der Waals surface area contributed by atoms with Gasteiger partial charge in [-0.1, -0.05) is 43.4 Å². The second kappa shape index (κ2) is 3.27. The first kappa shape index (κ1) is 7.15. The first-order valence-corrected chi connectivity index (χ1v) is 8.86. The maximum Gasteiger partial charge on any atom is 0.0523 e. The van der Waals surface area contributed by atoms with Crippen molar-refractivity contribution >= 4 is 21.9 Å². The molecule has 1 aliphatic rings. The first-order valence-electron chi connectivity index (χ1n) is 3.76. The first-order chi connectivity index (χ1) is 4.38. The van der Waals surface area contributed by atoms with E-state index >= 15 is 0 Å². The maximum atomic E-state index is 2.47. The van der Waals surface area contributed by atoms with Crippen LogP contribution >= 0.6 is 0 Å². The van der Waals surface area contributed by atoms with Crippen LogP contribution in [0.2, 0.25) is 12.1 Å². The highest BCUT2D eigenvalue weighted by molar-refractivity contribution is 7.27. The van der Waals surface area contributed by atoms with Gasteiger partial charge in [-0.2, -0.15) is 0 Å². The summed E-state index contributed by atoms with van der Waals surface area (Å²) >= 11 is 0. The van der Waals surface area contributed by atoms with Gasteiger partial charge in [-0.3, -0.25) is 0 Å². The topological polar surface area (TPSA) is 0 Å². The van der Waals surface area contributed by atoms with Gasteiger partial charge in [-0.05, 0) is 0 Å². The molecule has 1 heterocycles. The summed E-state index contributed by atoms with van der Waals surface area (Å²) in [7, 11) is -0.195. The second-order valence-electron chi connectivity index (χ2n) is 2.54. The number of hydrogen-bond acceptors (Lipinski definition) is 0. The van der Waals surface area contributed by atoms with Gasteiger partial charge in [-0.15, -0.1) is 0 Å². The average Bonchev–Trinajstić information content (AvgIpc) is 1.78. The Balaban J connectivity index is 2.38. The van der Waals surface area contributed by atoms with Gasteiger partial charge in [-0.25, -0.2) is 0 Å². The summed E-state index contributed by atoms with van der Waals surface area (Å²) in [5, 5.41) is 0. The molecule has 9 heavy (non-hydrogen) atoms. The highest BCUT2D eigenvalue weighted by atomic mass is 29.2. The summed E-state index contributed by atoms with van der Waals surface area (Å²) in [6.07, 6.45) is 2.24. The van der Waals surface area contributed by atoms with E-state index in [0.29, 0.717) is 0 Å². The predicted octanol–water partition coefficient (Wildman–Crippen LogP) is 1.32. The van der Waals surface area contributed by atoms with E-state index in [1.807, 2.05) is 0 Å². The van der Waals surface area contributed by atoms with Crippen LogP contribution in [0.25, 0.3) is 0 Å². The van der Waals surface area contributed by atoms with E-state index in [4.69, 9.17) is 0 Å². The fraction of sp³-hybridized carbons (Fsp3) is 0.571. The minimum Gasteiger partial charge on any atom is -0.0809 e. The van der Waals surface area contributed by atoms with E-state index in [1.165, 1.54) is 12.1 Å². The molecule has 0 bridgehead atoms. The molecule has 0 aliphatic carbocycles. The number of rotatable bonds is 3. The molecule has 0 aromatic rings. The monoisotopic (exact) mass is 154 g/mol. The Kier molecular flexibility index (Phi) is 2.60. The molecule has 50 valence electrons. The molecule has 0 fully saturated rings. The van der Waals surface area contributed by atoms with Crippen molar-refractivity contribution in [3.8, 4) is 0 Å². The molecule has 0 nitrogen and oxygen atoms in total. The Bertz CT molecular complexity index is 143. The average molecular weight is 154 g/mol. The number of hydrogen-bond donors (Lipinski definition) is 0. The summed E-state index contributed by atoms with van der Waals surface area (Å²) in [4.78, 5) is 0. The fourth-order valence-corrected chi connectivity index (χ4v) is 8.85. The van der Waals surface area contributed by atoms with Crippen molar-refractivity contribution in [2.45, 2.75) is 25.9 Å². The lowest BCUT2D eigenvalue weighted by Crippen LogP contribution is -2.30. The summed E-state index contributed by atoms with van der Waals surface area (Å²) < 4.78 is 0. The van der Waals surface area contributed by atoms with Gasteiger partial charge in [0.2, 0.25) is 0 Å². The Labute approximate surface area is 60.2 Å². The van der Waals surface area contributed by atoms with Crippen molar-refractivity contribution in [3.63, 3.8) is 0 Å². The Morgan fingerprint density at radius 1 is 1.33 bits per heavy atom. The molecule has 0 unspecified atom stereocenters. The molecular formula is C7H14Si2. The smallest absolute Gasteiger partial charge is 0.0523 e. The van der Waals surface area contributed by atoms with Crippen molar-refractivity contribution in [2.24, 2.45) is 0 Å². The van der Waals surface area contributed by atoms with Crippen LogP contribution in [0.3, 0.4) is 0 Å². The van der Waals surface area contributed by atoms with E-state index in [-0.39, 0.29) is 16.2 Å². The lowest BCUT2D eigenvalue weighted by atomic mass is 10.7. The summed E-state index contributed by atoms with van der Waals surface area (Å²) in [5.74, 6) is 0. The third-order valence-corrected chi connectivity index (χ3v) is 12.5. The molecule has 0 saturated carbocycles. The largest absolute Gasteiger partial charge is 0.0809 e. The summed E-state index contributed by atoms with van der Waals surface area (Å²) in [6.45, 7) is 4.72. The van der Waals surface area contributed by atoms with Crippen molar-refractivity contribution in [1.82, 2.24) is 0 Å². The molecule has 2 heteroatoms. The lowest BCUT2D eigenvalue weighted by molar-refractivity contribution is 1.35. The minimum atomic E-state index is -0.240. The molecule has 0 radical (unpaired) electrons. The normalized spacial score (nSPS) is 15.7. The van der Waals surface area contributed by atoms with Gasteiger partial charge < -0.3 is 0 Å². The van der Waals surface area contributed by atoms with Crippen molar-refractivity contribution in [2.75, 3.05) is 0 Å². The molecule has 0 atom stereocenters. The van der Waals surface area contributed by atoms with Gasteiger partial charge in [0.1, 0.15) is 0 Å². The SMILES string of the molecule is CC[SiH](CC)[Si]1=CC=C1. The molecule has 1 rings (SSSR count). The zero-order valence-corrected chi connectivity index (χ0v) is 8.38. The standard InChI is InChI=1S/C7H14Si2/c1-3-8(4-2)9-6-5-7-9/h5-8H,3-4H2,1-2H3. The molecule has 0 saturated heterocycles. The Morgan fingerprint density at radius 2 is 1.89 bits per heavy atom. The zero-order valence-electron chi connectivity index (χ0n) is 6.22. The molecule has 0 aromatic heterocycles. The zero-order chi connectivity index (χ0) is 6.69. The third kappa shape index (κ3) is 1.49. The fourth-order valence-electron chi connectivity index (χ4n) is 1.24. The highest BCUT2D eigenvalue weighted by Crippen LogP contribution is 2.02.